The van der Waals surface area contributed by atoms with Crippen molar-refractivity contribution in [1.29, 1.82) is 0 Å². The van der Waals surface area contributed by atoms with E-state index in [1.54, 1.807) is 18.3 Å². The first-order chi connectivity index (χ1) is 14.0. The Bertz CT molecular complexity index is 1150. The van der Waals surface area contributed by atoms with Gasteiger partial charge in [-0.15, -0.1) is 0 Å². The lowest BCUT2D eigenvalue weighted by Crippen LogP contribution is -2.32. The zero-order valence-electron chi connectivity index (χ0n) is 16.7. The summed E-state index contributed by atoms with van der Waals surface area (Å²) in [5.41, 5.74) is 2.08. The molecule has 1 amide bonds. The molecule has 0 radical (unpaired) electrons. The minimum atomic E-state index is -0.415. The molecule has 7 heteroatoms. The van der Waals surface area contributed by atoms with E-state index in [0.717, 1.165) is 11.3 Å². The zero-order chi connectivity index (χ0) is 20.5. The number of nitrogens with zero attached hydrogens (tertiary/aromatic N) is 2. The molecule has 1 N–H and O–H groups in total. The van der Waals surface area contributed by atoms with E-state index in [0.29, 0.717) is 42.3 Å². The number of aryl methyl sites for hydroxylation is 2. The maximum absolute atomic E-state index is 12.9. The van der Waals surface area contributed by atoms with Crippen molar-refractivity contribution in [3.63, 3.8) is 0 Å². The molecule has 1 atom stereocenters. The Kier molecular flexibility index (Phi) is 4.96. The second-order valence-corrected chi connectivity index (χ2v) is 7.08. The van der Waals surface area contributed by atoms with Gasteiger partial charge in [0, 0.05) is 18.4 Å². The third kappa shape index (κ3) is 3.55. The fourth-order valence-corrected chi connectivity index (χ4v) is 3.45. The van der Waals surface area contributed by atoms with Crippen molar-refractivity contribution in [1.82, 2.24) is 14.9 Å². The van der Waals surface area contributed by atoms with E-state index in [-0.39, 0.29) is 17.0 Å². The molecule has 7 nitrogen and oxygen atoms in total. The molecular weight excluding hydrogens is 370 g/mol. The number of pyridine rings is 2. The van der Waals surface area contributed by atoms with E-state index >= 15 is 0 Å². The van der Waals surface area contributed by atoms with Crippen molar-refractivity contribution >= 4 is 16.9 Å². The molecule has 0 spiro atoms. The summed E-state index contributed by atoms with van der Waals surface area (Å²) in [6, 6.07) is 8.78. The van der Waals surface area contributed by atoms with Crippen molar-refractivity contribution in [3.8, 4) is 11.5 Å². The van der Waals surface area contributed by atoms with E-state index < -0.39 is 5.91 Å². The van der Waals surface area contributed by atoms with Gasteiger partial charge < -0.3 is 19.4 Å². The largest absolute Gasteiger partial charge is 0.486 e. The van der Waals surface area contributed by atoms with Crippen LogP contribution in [0.25, 0.3) is 11.0 Å². The molecule has 1 aliphatic heterocycles. The van der Waals surface area contributed by atoms with Crippen LogP contribution < -0.4 is 20.2 Å². The smallest absolute Gasteiger partial charge is 0.257 e. The second kappa shape index (κ2) is 7.58. The molecule has 3 aromatic rings. The minimum absolute atomic E-state index is 0.106. The highest BCUT2D eigenvalue weighted by Gasteiger charge is 2.20. The van der Waals surface area contributed by atoms with E-state index in [1.807, 2.05) is 43.5 Å². The number of carbonyl (C=O) groups excluding carboxylic acids is 1. The van der Waals surface area contributed by atoms with Crippen molar-refractivity contribution in [2.75, 3.05) is 13.2 Å². The van der Waals surface area contributed by atoms with Gasteiger partial charge in [-0.05, 0) is 50.6 Å². The van der Waals surface area contributed by atoms with Crippen LogP contribution in [-0.2, 0) is 6.54 Å². The van der Waals surface area contributed by atoms with Crippen LogP contribution in [0.3, 0.4) is 0 Å². The number of hydrogen-bond donors (Lipinski definition) is 1. The molecule has 150 valence electrons. The van der Waals surface area contributed by atoms with Gasteiger partial charge in [0.2, 0.25) is 5.43 Å². The molecule has 4 rings (SSSR count). The Morgan fingerprint density at radius 1 is 1.21 bits per heavy atom. The van der Waals surface area contributed by atoms with Crippen molar-refractivity contribution in [2.45, 2.75) is 33.4 Å². The van der Waals surface area contributed by atoms with E-state index in [4.69, 9.17) is 9.47 Å². The monoisotopic (exact) mass is 393 g/mol. The standard InChI is InChI=1S/C22H23N3O4/c1-4-25-12-17(20(26)16-7-5-13(2)23-21(16)25)22(27)24-14(3)15-6-8-18-19(11-15)29-10-9-28-18/h5-8,11-12,14H,4,9-10H2,1-3H3,(H,24,27)/t14-/m0/s1. The van der Waals surface area contributed by atoms with Gasteiger partial charge in [-0.1, -0.05) is 6.07 Å². The Morgan fingerprint density at radius 2 is 1.97 bits per heavy atom. The molecule has 0 unspecified atom stereocenters. The lowest BCUT2D eigenvalue weighted by Gasteiger charge is -2.21. The van der Waals surface area contributed by atoms with E-state index in [9.17, 15) is 9.59 Å². The first-order valence-electron chi connectivity index (χ1n) is 9.69. The van der Waals surface area contributed by atoms with Crippen LogP contribution >= 0.6 is 0 Å². The lowest BCUT2D eigenvalue weighted by atomic mass is 10.1. The van der Waals surface area contributed by atoms with Crippen molar-refractivity contribution < 1.29 is 14.3 Å². The number of ether oxygens (including phenoxy) is 2. The zero-order valence-corrected chi connectivity index (χ0v) is 16.7. The molecule has 0 saturated carbocycles. The van der Waals surface area contributed by atoms with Crippen LogP contribution in [-0.4, -0.2) is 28.7 Å². The second-order valence-electron chi connectivity index (χ2n) is 7.08. The third-order valence-electron chi connectivity index (χ3n) is 5.06. The number of aromatic nitrogens is 2. The summed E-state index contributed by atoms with van der Waals surface area (Å²) in [5.74, 6) is 0.944. The molecule has 1 aliphatic rings. The van der Waals surface area contributed by atoms with E-state index in [1.165, 1.54) is 0 Å². The predicted molar refractivity (Wildman–Crippen MR) is 110 cm³/mol. The van der Waals surface area contributed by atoms with E-state index in [2.05, 4.69) is 10.3 Å². The van der Waals surface area contributed by atoms with Crippen LogP contribution in [0.15, 0.2) is 41.3 Å². The molecule has 0 bridgehead atoms. The van der Waals surface area contributed by atoms with Gasteiger partial charge in [-0.25, -0.2) is 4.98 Å². The highest BCUT2D eigenvalue weighted by Crippen LogP contribution is 2.32. The highest BCUT2D eigenvalue weighted by atomic mass is 16.6. The molecule has 0 aliphatic carbocycles. The summed E-state index contributed by atoms with van der Waals surface area (Å²) in [6.45, 7) is 7.32. The number of benzene rings is 1. The molecule has 0 fully saturated rings. The summed E-state index contributed by atoms with van der Waals surface area (Å²) in [4.78, 5) is 30.3. The molecule has 29 heavy (non-hydrogen) atoms. The molecule has 1 aromatic carbocycles. The number of carbonyl (C=O) groups is 1. The fourth-order valence-electron chi connectivity index (χ4n) is 3.45. The maximum atomic E-state index is 12.9. The molecular formula is C22H23N3O4. The van der Waals surface area contributed by atoms with Crippen LogP contribution in [0.5, 0.6) is 11.5 Å². The molecule has 3 heterocycles. The average Bonchev–Trinajstić information content (AvgIpc) is 2.73. The Balaban J connectivity index is 1.64. The highest BCUT2D eigenvalue weighted by molar-refractivity contribution is 5.97. The van der Waals surface area contributed by atoms with Gasteiger partial charge in [0.05, 0.1) is 11.4 Å². The number of hydrogen-bond acceptors (Lipinski definition) is 5. The summed E-state index contributed by atoms with van der Waals surface area (Å²) in [5, 5.41) is 3.36. The maximum Gasteiger partial charge on any atom is 0.257 e. The van der Waals surface area contributed by atoms with Crippen molar-refractivity contribution in [3.05, 3.63) is 63.6 Å². The van der Waals surface area contributed by atoms with Gasteiger partial charge >= 0.3 is 0 Å². The average molecular weight is 393 g/mol. The fraction of sp³-hybridized carbons (Fsp3) is 0.318. The predicted octanol–water partition coefficient (Wildman–Crippen LogP) is 2.99. The normalized spacial score (nSPS) is 13.9. The number of fused-ring (bicyclic) bond motifs is 2. The Hall–Kier alpha value is -3.35. The van der Waals surface area contributed by atoms with Crippen LogP contribution in [0, 0.1) is 6.92 Å². The van der Waals surface area contributed by atoms with Gasteiger partial charge in [0.1, 0.15) is 24.4 Å². The quantitative estimate of drug-likeness (QED) is 0.737. The van der Waals surface area contributed by atoms with Gasteiger partial charge in [-0.2, -0.15) is 0 Å². The Labute approximate surface area is 168 Å². The molecule has 0 saturated heterocycles. The Morgan fingerprint density at radius 3 is 2.72 bits per heavy atom. The topological polar surface area (TPSA) is 82.5 Å². The van der Waals surface area contributed by atoms with Crippen molar-refractivity contribution in [2.24, 2.45) is 0 Å². The van der Waals surface area contributed by atoms with Gasteiger partial charge in [-0.3, -0.25) is 9.59 Å². The summed E-state index contributed by atoms with van der Waals surface area (Å²) in [7, 11) is 0. The van der Waals surface area contributed by atoms with Crippen LogP contribution in [0.4, 0.5) is 0 Å². The summed E-state index contributed by atoms with van der Waals surface area (Å²) in [6.07, 6.45) is 1.59. The first kappa shape index (κ1) is 19.0. The first-order valence-corrected chi connectivity index (χ1v) is 9.69. The third-order valence-corrected chi connectivity index (χ3v) is 5.06. The summed E-state index contributed by atoms with van der Waals surface area (Å²) >= 11 is 0. The SMILES string of the molecule is CCn1cc(C(=O)N[C@@H](C)c2ccc3c(c2)OCCO3)c(=O)c2ccc(C)nc21. The molecule has 2 aromatic heterocycles. The van der Waals surface area contributed by atoms with Gasteiger partial charge in [0.15, 0.2) is 11.5 Å². The minimum Gasteiger partial charge on any atom is -0.486 e. The number of nitrogens with one attached hydrogen (secondary N) is 1. The van der Waals surface area contributed by atoms with Crippen LogP contribution in [0.2, 0.25) is 0 Å². The van der Waals surface area contributed by atoms with Crippen LogP contribution in [0.1, 0.15) is 41.5 Å². The summed E-state index contributed by atoms with van der Waals surface area (Å²) < 4.78 is 13.0. The number of amides is 1. The number of rotatable bonds is 4. The lowest BCUT2D eigenvalue weighted by molar-refractivity contribution is 0.0938. The van der Waals surface area contributed by atoms with Gasteiger partial charge in [0.25, 0.3) is 5.91 Å².